The molecule has 0 fully saturated rings. The normalized spacial score (nSPS) is 11.1. The Labute approximate surface area is 87.5 Å². The van der Waals surface area contributed by atoms with Gasteiger partial charge in [-0.25, -0.2) is 0 Å². The Kier molecular flexibility index (Phi) is 3.53. The van der Waals surface area contributed by atoms with Crippen LogP contribution in [0.2, 0.25) is 19.6 Å². The first-order valence-electron chi connectivity index (χ1n) is 4.88. The Morgan fingerprint density at radius 2 is 1.79 bits per heavy atom. The van der Waals surface area contributed by atoms with Crippen molar-refractivity contribution < 1.29 is 4.43 Å². The first-order valence-corrected chi connectivity index (χ1v) is 8.29. The molecular weight excluding hydrogens is 188 g/mol. The van der Waals surface area contributed by atoms with Gasteiger partial charge in [-0.05, 0) is 25.2 Å². The molecule has 0 saturated carbocycles. The number of hydrogen-bond acceptors (Lipinski definition) is 1. The molecule has 0 N–H and O–H groups in total. The van der Waals surface area contributed by atoms with Gasteiger partial charge in [-0.1, -0.05) is 36.9 Å². The van der Waals surface area contributed by atoms with Crippen molar-refractivity contribution in [3.8, 4) is 0 Å². The maximum Gasteiger partial charge on any atom is 0.241 e. The van der Waals surface area contributed by atoms with Gasteiger partial charge in [0.1, 0.15) is 0 Å². The highest BCUT2D eigenvalue weighted by Crippen LogP contribution is 2.13. The summed E-state index contributed by atoms with van der Waals surface area (Å²) in [7, 11) is -1.47. The molecule has 14 heavy (non-hydrogen) atoms. The monoisotopic (exact) mass is 206 g/mol. The molecule has 0 aliphatic rings. The van der Waals surface area contributed by atoms with E-state index in [4.69, 9.17) is 4.43 Å². The third-order valence-corrected chi connectivity index (χ3v) is 2.60. The van der Waals surface area contributed by atoms with Crippen LogP contribution in [-0.4, -0.2) is 8.32 Å². The molecule has 2 heteroatoms. The summed E-state index contributed by atoms with van der Waals surface area (Å²) >= 11 is 0. The fourth-order valence-electron chi connectivity index (χ4n) is 1.29. The molecule has 0 aliphatic heterocycles. The van der Waals surface area contributed by atoms with Gasteiger partial charge in [0.05, 0.1) is 5.76 Å². The van der Waals surface area contributed by atoms with Gasteiger partial charge in [0.2, 0.25) is 8.32 Å². The summed E-state index contributed by atoms with van der Waals surface area (Å²) < 4.78 is 5.79. The predicted octanol–water partition coefficient (Wildman–Crippen LogP) is 3.59. The molecule has 0 bridgehead atoms. The molecule has 0 spiro atoms. The summed E-state index contributed by atoms with van der Waals surface area (Å²) in [5, 5.41) is 0. The molecule has 1 aromatic carbocycles. The molecule has 0 aliphatic carbocycles. The Morgan fingerprint density at radius 3 is 2.29 bits per heavy atom. The van der Waals surface area contributed by atoms with Gasteiger partial charge in [-0.3, -0.25) is 0 Å². The van der Waals surface area contributed by atoms with Gasteiger partial charge >= 0.3 is 0 Å². The van der Waals surface area contributed by atoms with Crippen LogP contribution in [-0.2, 0) is 10.8 Å². The Morgan fingerprint density at radius 1 is 1.21 bits per heavy atom. The quantitative estimate of drug-likeness (QED) is 0.540. The van der Waals surface area contributed by atoms with E-state index in [1.807, 2.05) is 18.2 Å². The summed E-state index contributed by atoms with van der Waals surface area (Å²) in [6.07, 6.45) is 0.825. The summed E-state index contributed by atoms with van der Waals surface area (Å²) in [6, 6.07) is 10.3. The van der Waals surface area contributed by atoms with Crippen LogP contribution in [0, 0.1) is 0 Å². The number of hydrogen-bond donors (Lipinski definition) is 0. The zero-order chi connectivity index (χ0) is 10.6. The summed E-state index contributed by atoms with van der Waals surface area (Å²) in [4.78, 5) is 0. The van der Waals surface area contributed by atoms with Crippen molar-refractivity contribution in [3.63, 3.8) is 0 Å². The van der Waals surface area contributed by atoms with E-state index in [1.165, 1.54) is 5.56 Å². The van der Waals surface area contributed by atoms with Gasteiger partial charge in [-0.15, -0.1) is 0 Å². The van der Waals surface area contributed by atoms with Crippen molar-refractivity contribution in [3.05, 3.63) is 48.2 Å². The average molecular weight is 206 g/mol. The van der Waals surface area contributed by atoms with Crippen LogP contribution in [0.1, 0.15) is 5.56 Å². The molecule has 0 radical (unpaired) electrons. The molecule has 76 valence electrons. The van der Waals surface area contributed by atoms with E-state index in [1.54, 1.807) is 0 Å². The molecule has 0 amide bonds. The molecular formula is C12H18OSi. The molecule has 0 atom stereocenters. The van der Waals surface area contributed by atoms with E-state index in [-0.39, 0.29) is 0 Å². The number of benzene rings is 1. The van der Waals surface area contributed by atoms with Gasteiger partial charge in [0.25, 0.3) is 0 Å². The molecule has 0 aromatic heterocycles. The van der Waals surface area contributed by atoms with E-state index in [2.05, 4.69) is 38.4 Å². The molecule has 0 unspecified atom stereocenters. The second-order valence-electron chi connectivity index (χ2n) is 4.42. The molecule has 0 heterocycles. The first-order chi connectivity index (χ1) is 6.47. The molecule has 1 nitrogen and oxygen atoms in total. The second-order valence-corrected chi connectivity index (χ2v) is 8.84. The highest BCUT2D eigenvalue weighted by molar-refractivity contribution is 6.70. The lowest BCUT2D eigenvalue weighted by Gasteiger charge is -2.20. The van der Waals surface area contributed by atoms with E-state index >= 15 is 0 Å². The standard InChI is InChI=1S/C12H18OSi/c1-11(13-14(2,3)4)10-12-8-6-5-7-9-12/h5-9H,1,10H2,2-4H3. The van der Waals surface area contributed by atoms with Crippen molar-refractivity contribution in [1.29, 1.82) is 0 Å². The van der Waals surface area contributed by atoms with Gasteiger partial charge in [-0.2, -0.15) is 0 Å². The fourth-order valence-corrected chi connectivity index (χ4v) is 2.23. The Bertz CT molecular complexity index is 298. The largest absolute Gasteiger partial charge is 0.548 e. The van der Waals surface area contributed by atoms with Crippen molar-refractivity contribution in [2.75, 3.05) is 0 Å². The van der Waals surface area contributed by atoms with Crippen molar-refractivity contribution in [2.45, 2.75) is 26.1 Å². The number of rotatable bonds is 4. The third-order valence-electron chi connectivity index (χ3n) is 1.69. The smallest absolute Gasteiger partial charge is 0.241 e. The minimum Gasteiger partial charge on any atom is -0.548 e. The van der Waals surface area contributed by atoms with Gasteiger partial charge in [0.15, 0.2) is 0 Å². The highest BCUT2D eigenvalue weighted by Gasteiger charge is 2.16. The second kappa shape index (κ2) is 4.47. The van der Waals surface area contributed by atoms with Crippen LogP contribution in [0.3, 0.4) is 0 Å². The van der Waals surface area contributed by atoms with E-state index < -0.39 is 8.32 Å². The zero-order valence-corrected chi connectivity index (χ0v) is 10.2. The third kappa shape index (κ3) is 4.28. The minimum absolute atomic E-state index is 0.825. The first kappa shape index (κ1) is 11.1. The summed E-state index contributed by atoms with van der Waals surface area (Å²) in [5.74, 6) is 0.885. The molecule has 0 saturated heterocycles. The van der Waals surface area contributed by atoms with Crippen LogP contribution in [0.25, 0.3) is 0 Å². The predicted molar refractivity (Wildman–Crippen MR) is 63.7 cm³/mol. The van der Waals surface area contributed by atoms with Crippen molar-refractivity contribution >= 4 is 8.32 Å². The van der Waals surface area contributed by atoms with Crippen LogP contribution < -0.4 is 0 Å². The molecule has 1 rings (SSSR count). The SMILES string of the molecule is C=C(Cc1ccccc1)O[Si](C)(C)C. The lowest BCUT2D eigenvalue weighted by atomic mass is 10.1. The molecule has 1 aromatic rings. The van der Waals surface area contributed by atoms with Gasteiger partial charge in [0, 0.05) is 6.42 Å². The van der Waals surface area contributed by atoms with Crippen molar-refractivity contribution in [2.24, 2.45) is 0 Å². The maximum atomic E-state index is 5.79. The summed E-state index contributed by atoms with van der Waals surface area (Å²) in [6.45, 7) is 10.5. The Hall–Kier alpha value is -1.02. The summed E-state index contributed by atoms with van der Waals surface area (Å²) in [5.41, 5.74) is 1.26. The van der Waals surface area contributed by atoms with Crippen molar-refractivity contribution in [1.82, 2.24) is 0 Å². The fraction of sp³-hybridized carbons (Fsp3) is 0.333. The highest BCUT2D eigenvalue weighted by atomic mass is 28.4. The van der Waals surface area contributed by atoms with Crippen LogP contribution in [0.5, 0.6) is 0 Å². The number of allylic oxidation sites excluding steroid dienone is 1. The van der Waals surface area contributed by atoms with E-state index in [0.717, 1.165) is 12.2 Å². The Balaban J connectivity index is 2.50. The zero-order valence-electron chi connectivity index (χ0n) is 9.21. The lowest BCUT2D eigenvalue weighted by molar-refractivity contribution is 0.412. The van der Waals surface area contributed by atoms with Crippen LogP contribution in [0.4, 0.5) is 0 Å². The minimum atomic E-state index is -1.47. The lowest BCUT2D eigenvalue weighted by Crippen LogP contribution is -2.25. The van der Waals surface area contributed by atoms with Crippen LogP contribution >= 0.6 is 0 Å². The average Bonchev–Trinajstić information content (AvgIpc) is 2.02. The topological polar surface area (TPSA) is 9.23 Å². The maximum absolute atomic E-state index is 5.79. The van der Waals surface area contributed by atoms with E-state index in [9.17, 15) is 0 Å². The van der Waals surface area contributed by atoms with Gasteiger partial charge < -0.3 is 4.43 Å². The van der Waals surface area contributed by atoms with E-state index in [0.29, 0.717) is 0 Å². The van der Waals surface area contributed by atoms with Crippen LogP contribution in [0.15, 0.2) is 42.7 Å².